The van der Waals surface area contributed by atoms with Gasteiger partial charge in [0.2, 0.25) is 4.77 Å². The minimum absolute atomic E-state index is 0.0183. The van der Waals surface area contributed by atoms with Crippen molar-refractivity contribution in [2.24, 2.45) is 0 Å². The zero-order valence-corrected chi connectivity index (χ0v) is 20.8. The number of ether oxygens (including phenoxy) is 2. The van der Waals surface area contributed by atoms with Crippen molar-refractivity contribution in [1.82, 2.24) is 24.8 Å². The number of nitrogens with zero attached hydrogens (tertiary/aromatic N) is 3. The summed E-state index contributed by atoms with van der Waals surface area (Å²) >= 11 is 5.44. The highest BCUT2D eigenvalue weighted by Crippen LogP contribution is 2.33. The summed E-state index contributed by atoms with van der Waals surface area (Å²) in [6.07, 6.45) is 1.04. The van der Waals surface area contributed by atoms with E-state index in [1.54, 1.807) is 43.1 Å². The number of nitrogens with one attached hydrogen (secondary N) is 2. The molecule has 3 heterocycles. The van der Waals surface area contributed by atoms with Crippen molar-refractivity contribution in [3.8, 4) is 11.5 Å². The Morgan fingerprint density at radius 1 is 1.14 bits per heavy atom. The maximum absolute atomic E-state index is 12.8. The van der Waals surface area contributed by atoms with Crippen LogP contribution in [-0.4, -0.2) is 65.1 Å². The Kier molecular flexibility index (Phi) is 6.23. The summed E-state index contributed by atoms with van der Waals surface area (Å²) in [6.45, 7) is 2.20. The summed E-state index contributed by atoms with van der Waals surface area (Å²) < 4.78 is 12.7. The number of nitrogens with two attached hydrogens (primary N) is 1. The number of methoxy groups -OCH3 is 2. The van der Waals surface area contributed by atoms with Crippen LogP contribution in [0.4, 0.5) is 5.82 Å². The molecule has 0 radical (unpaired) electrons. The van der Waals surface area contributed by atoms with Gasteiger partial charge in [0.1, 0.15) is 11.5 Å². The molecule has 0 aliphatic carbocycles. The molecule has 4 aromatic rings. The number of fused-ring (bicyclic) bond motifs is 2. The number of benzene rings is 2. The van der Waals surface area contributed by atoms with Crippen LogP contribution in [0.25, 0.3) is 21.8 Å². The van der Waals surface area contributed by atoms with E-state index in [0.29, 0.717) is 50.8 Å². The topological polar surface area (TPSA) is 128 Å². The molecule has 0 unspecified atom stereocenters. The number of likely N-dealkylation sites (tertiary alicyclic amines) is 1. The van der Waals surface area contributed by atoms with E-state index in [1.165, 1.54) is 0 Å². The molecule has 10 nitrogen and oxygen atoms in total. The van der Waals surface area contributed by atoms with Gasteiger partial charge >= 0.3 is 0 Å². The standard InChI is InChI=1S/C25H26N6O4S/c1-34-20-12-16-18(13-21(20)35-2)29-25(36)31(22(16)26)9-6-27-23(32)19-11-15-10-14(4-5-17(15)28-19)24(33)30-7-3-8-30/h4-5,10-13,28H,3,6-9,26H2,1-2H3,(H,27,32). The number of aromatic amines is 1. The van der Waals surface area contributed by atoms with E-state index in [9.17, 15) is 9.59 Å². The number of carbonyl (C=O) groups excluding carboxylic acids is 2. The largest absolute Gasteiger partial charge is 0.493 e. The van der Waals surface area contributed by atoms with Gasteiger partial charge in [0.05, 0.1) is 19.7 Å². The lowest BCUT2D eigenvalue weighted by atomic mass is 10.1. The van der Waals surface area contributed by atoms with E-state index < -0.39 is 0 Å². The maximum atomic E-state index is 12.8. The third-order valence-electron chi connectivity index (χ3n) is 6.39. The van der Waals surface area contributed by atoms with Gasteiger partial charge in [0.25, 0.3) is 11.8 Å². The van der Waals surface area contributed by atoms with Gasteiger partial charge in [-0.05, 0) is 49.0 Å². The Labute approximate surface area is 212 Å². The molecular formula is C25H26N6O4S. The minimum atomic E-state index is -0.271. The minimum Gasteiger partial charge on any atom is -0.493 e. The Hall–Kier alpha value is -4.12. The van der Waals surface area contributed by atoms with Gasteiger partial charge in [-0.3, -0.25) is 9.59 Å². The molecule has 4 N–H and O–H groups in total. The van der Waals surface area contributed by atoms with Crippen LogP contribution in [0.15, 0.2) is 36.4 Å². The zero-order valence-electron chi connectivity index (χ0n) is 20.0. The number of hydrogen-bond donors (Lipinski definition) is 3. The summed E-state index contributed by atoms with van der Waals surface area (Å²) in [5.41, 5.74) is 8.81. The van der Waals surface area contributed by atoms with Gasteiger partial charge < -0.3 is 35.0 Å². The molecule has 186 valence electrons. The molecule has 2 amide bonds. The zero-order chi connectivity index (χ0) is 25.4. The number of H-pyrrole nitrogens is 1. The fraction of sp³-hybridized carbons (Fsp3) is 0.280. The molecule has 36 heavy (non-hydrogen) atoms. The van der Waals surface area contributed by atoms with Gasteiger partial charge in [0, 0.05) is 54.1 Å². The van der Waals surface area contributed by atoms with E-state index in [0.717, 1.165) is 30.4 Å². The Morgan fingerprint density at radius 2 is 1.89 bits per heavy atom. The fourth-order valence-electron chi connectivity index (χ4n) is 4.26. The highest BCUT2D eigenvalue weighted by Gasteiger charge is 2.22. The normalized spacial score (nSPS) is 13.0. The van der Waals surface area contributed by atoms with Gasteiger partial charge in [0.15, 0.2) is 11.5 Å². The summed E-state index contributed by atoms with van der Waals surface area (Å²) in [6, 6.07) is 10.6. The highest BCUT2D eigenvalue weighted by molar-refractivity contribution is 7.71. The van der Waals surface area contributed by atoms with Gasteiger partial charge in [-0.2, -0.15) is 0 Å². The summed E-state index contributed by atoms with van der Waals surface area (Å²) in [7, 11) is 3.10. The van der Waals surface area contributed by atoms with E-state index in [2.05, 4.69) is 15.3 Å². The molecule has 0 bridgehead atoms. The summed E-state index contributed by atoms with van der Waals surface area (Å²) in [5, 5.41) is 4.36. The second-order valence-electron chi connectivity index (χ2n) is 8.54. The van der Waals surface area contributed by atoms with Crippen molar-refractivity contribution < 1.29 is 19.1 Å². The van der Waals surface area contributed by atoms with E-state index in [1.807, 2.05) is 17.0 Å². The number of amides is 2. The van der Waals surface area contributed by atoms with Crippen LogP contribution in [0.1, 0.15) is 27.3 Å². The van der Waals surface area contributed by atoms with Crippen molar-refractivity contribution in [2.75, 3.05) is 39.6 Å². The Morgan fingerprint density at radius 3 is 2.58 bits per heavy atom. The molecule has 1 fully saturated rings. The fourth-order valence-corrected chi connectivity index (χ4v) is 4.55. The number of nitrogen functional groups attached to an aromatic ring is 1. The summed E-state index contributed by atoms with van der Waals surface area (Å²) in [5.74, 6) is 1.23. The number of rotatable bonds is 7. The van der Waals surface area contributed by atoms with Crippen molar-refractivity contribution in [2.45, 2.75) is 13.0 Å². The second-order valence-corrected chi connectivity index (χ2v) is 8.91. The molecule has 11 heteroatoms. The molecule has 1 saturated heterocycles. The Bertz CT molecular complexity index is 1560. The predicted molar refractivity (Wildman–Crippen MR) is 139 cm³/mol. The first-order valence-electron chi connectivity index (χ1n) is 11.5. The Balaban J connectivity index is 1.30. The molecule has 1 aliphatic rings. The van der Waals surface area contributed by atoms with Crippen LogP contribution in [0.3, 0.4) is 0 Å². The lowest BCUT2D eigenvalue weighted by Gasteiger charge is -2.30. The first kappa shape index (κ1) is 23.6. The molecule has 2 aromatic carbocycles. The first-order chi connectivity index (χ1) is 17.4. The average molecular weight is 507 g/mol. The lowest BCUT2D eigenvalue weighted by molar-refractivity contribution is 0.0652. The number of carbonyl (C=O) groups is 2. The first-order valence-corrected chi connectivity index (χ1v) is 11.9. The molecule has 1 aliphatic heterocycles. The monoisotopic (exact) mass is 506 g/mol. The quantitative estimate of drug-likeness (QED) is 0.329. The molecule has 0 spiro atoms. The van der Waals surface area contributed by atoms with Crippen LogP contribution < -0.4 is 20.5 Å². The molecular weight excluding hydrogens is 480 g/mol. The lowest BCUT2D eigenvalue weighted by Crippen LogP contribution is -2.41. The number of aromatic nitrogens is 3. The van der Waals surface area contributed by atoms with E-state index in [-0.39, 0.29) is 18.4 Å². The smallest absolute Gasteiger partial charge is 0.267 e. The van der Waals surface area contributed by atoms with Crippen LogP contribution in [0.5, 0.6) is 11.5 Å². The van der Waals surface area contributed by atoms with Crippen molar-refractivity contribution >= 4 is 51.7 Å². The van der Waals surface area contributed by atoms with Crippen LogP contribution >= 0.6 is 12.2 Å². The average Bonchev–Trinajstić information content (AvgIpc) is 3.27. The van der Waals surface area contributed by atoms with Crippen molar-refractivity contribution in [3.63, 3.8) is 0 Å². The molecule has 2 aromatic heterocycles. The van der Waals surface area contributed by atoms with Crippen molar-refractivity contribution in [1.29, 1.82) is 0 Å². The number of hydrogen-bond acceptors (Lipinski definition) is 7. The summed E-state index contributed by atoms with van der Waals surface area (Å²) in [4.78, 5) is 34.7. The van der Waals surface area contributed by atoms with E-state index >= 15 is 0 Å². The van der Waals surface area contributed by atoms with Crippen LogP contribution in [0.2, 0.25) is 0 Å². The van der Waals surface area contributed by atoms with Gasteiger partial charge in [-0.15, -0.1) is 0 Å². The highest BCUT2D eigenvalue weighted by atomic mass is 32.1. The molecule has 0 atom stereocenters. The van der Waals surface area contributed by atoms with E-state index in [4.69, 9.17) is 27.4 Å². The molecule has 5 rings (SSSR count). The third-order valence-corrected chi connectivity index (χ3v) is 6.70. The molecule has 0 saturated carbocycles. The number of anilines is 1. The van der Waals surface area contributed by atoms with Crippen LogP contribution in [-0.2, 0) is 6.54 Å². The predicted octanol–water partition coefficient (Wildman–Crippen LogP) is 3.12. The second kappa shape index (κ2) is 9.50. The SMILES string of the molecule is COc1cc2nc(=S)n(CCNC(=O)c3cc4cc(C(=O)N5CCC5)ccc4[nH]3)c(N)c2cc1OC. The maximum Gasteiger partial charge on any atom is 0.267 e. The van der Waals surface area contributed by atoms with Crippen molar-refractivity contribution in [3.05, 3.63) is 52.4 Å². The van der Waals surface area contributed by atoms with Crippen LogP contribution in [0, 0.1) is 4.77 Å². The van der Waals surface area contributed by atoms with Gasteiger partial charge in [-0.1, -0.05) is 0 Å². The van der Waals surface area contributed by atoms with Gasteiger partial charge in [-0.25, -0.2) is 4.98 Å². The third kappa shape index (κ3) is 4.22.